The molecule has 0 spiro atoms. The molecule has 0 amide bonds. The molecule has 2 fully saturated rings. The van der Waals surface area contributed by atoms with E-state index in [1.165, 1.54) is 6.26 Å². The molecule has 22 heavy (non-hydrogen) atoms. The van der Waals surface area contributed by atoms with Gasteiger partial charge < -0.3 is 9.64 Å². The number of anilines is 1. The van der Waals surface area contributed by atoms with Crippen molar-refractivity contribution in [1.29, 1.82) is 0 Å². The maximum Gasteiger partial charge on any atom is 0.208 e. The minimum atomic E-state index is -3.17. The Kier molecular flexibility index (Phi) is 4.33. The van der Waals surface area contributed by atoms with E-state index < -0.39 is 10.0 Å². The molecule has 0 aliphatic carbocycles. The van der Waals surface area contributed by atoms with E-state index in [9.17, 15) is 8.42 Å². The summed E-state index contributed by atoms with van der Waals surface area (Å²) >= 11 is 0. The van der Waals surface area contributed by atoms with Crippen molar-refractivity contribution >= 4 is 15.8 Å². The second kappa shape index (κ2) is 6.10. The van der Waals surface area contributed by atoms with Gasteiger partial charge in [0.05, 0.1) is 24.7 Å². The van der Waals surface area contributed by atoms with Crippen LogP contribution >= 0.6 is 0 Å². The normalized spacial score (nSPS) is 28.6. The molecule has 1 aromatic rings. The number of sulfonamides is 1. The molecule has 1 aromatic heterocycles. The molecule has 2 aliphatic rings. The van der Waals surface area contributed by atoms with Crippen LogP contribution < -0.4 is 9.62 Å². The summed E-state index contributed by atoms with van der Waals surface area (Å²) in [4.78, 5) is 2.24. The van der Waals surface area contributed by atoms with Crippen molar-refractivity contribution in [2.45, 2.75) is 19.4 Å². The van der Waals surface area contributed by atoms with Gasteiger partial charge in [0.2, 0.25) is 10.0 Å². The molecule has 2 saturated heterocycles. The second-order valence-electron chi connectivity index (χ2n) is 6.18. The lowest BCUT2D eigenvalue weighted by Gasteiger charge is -2.36. The fourth-order valence-electron chi connectivity index (χ4n) is 3.30. The number of rotatable bonds is 4. The van der Waals surface area contributed by atoms with Crippen molar-refractivity contribution in [2.24, 2.45) is 11.8 Å². The van der Waals surface area contributed by atoms with Crippen molar-refractivity contribution in [1.82, 2.24) is 14.9 Å². The average molecular weight is 326 g/mol. The quantitative estimate of drug-likeness (QED) is 0.849. The Hall–Kier alpha value is -1.25. The van der Waals surface area contributed by atoms with Gasteiger partial charge in [0, 0.05) is 25.6 Å². The lowest BCUT2D eigenvalue weighted by molar-refractivity contribution is 0.0930. The van der Waals surface area contributed by atoms with Crippen LogP contribution in [0.3, 0.4) is 0 Å². The summed E-state index contributed by atoms with van der Waals surface area (Å²) < 4.78 is 30.8. The highest BCUT2D eigenvalue weighted by Crippen LogP contribution is 2.35. The van der Waals surface area contributed by atoms with Crippen molar-refractivity contribution in [3.8, 4) is 0 Å². The van der Waals surface area contributed by atoms with Gasteiger partial charge in [-0.2, -0.15) is 5.10 Å². The van der Waals surface area contributed by atoms with E-state index in [0.717, 1.165) is 31.0 Å². The molecule has 0 bridgehead atoms. The molecule has 0 radical (unpaired) electrons. The summed E-state index contributed by atoms with van der Waals surface area (Å²) in [6.07, 6.45) is 2.14. The summed E-state index contributed by atoms with van der Waals surface area (Å²) in [5, 5.41) is 8.36. The van der Waals surface area contributed by atoms with E-state index in [4.69, 9.17) is 4.74 Å². The largest absolute Gasteiger partial charge is 0.376 e. The minimum absolute atomic E-state index is 0.0222. The maximum atomic E-state index is 11.2. The molecule has 122 valence electrons. The van der Waals surface area contributed by atoms with E-state index in [0.29, 0.717) is 25.0 Å². The first-order chi connectivity index (χ1) is 10.4. The number of hydrogen-bond acceptors (Lipinski definition) is 6. The number of fused-ring (bicyclic) bond motifs is 1. The van der Waals surface area contributed by atoms with Gasteiger partial charge in [0.15, 0.2) is 5.82 Å². The Labute approximate surface area is 131 Å². The lowest BCUT2D eigenvalue weighted by Crippen LogP contribution is -2.44. The lowest BCUT2D eigenvalue weighted by atomic mass is 9.84. The van der Waals surface area contributed by atoms with E-state index in [-0.39, 0.29) is 6.10 Å². The molecule has 3 rings (SSSR count). The van der Waals surface area contributed by atoms with Crippen LogP contribution in [0.4, 0.5) is 5.82 Å². The van der Waals surface area contributed by atoms with Gasteiger partial charge in [0.25, 0.3) is 0 Å². The number of hydrogen-bond donors (Lipinski definition) is 1. The molecule has 0 aromatic carbocycles. The van der Waals surface area contributed by atoms with Crippen molar-refractivity contribution in [3.05, 3.63) is 17.8 Å². The van der Waals surface area contributed by atoms with Gasteiger partial charge >= 0.3 is 0 Å². The highest BCUT2D eigenvalue weighted by atomic mass is 32.2. The highest BCUT2D eigenvalue weighted by molar-refractivity contribution is 7.88. The first-order valence-corrected chi connectivity index (χ1v) is 9.43. The Bertz CT molecular complexity index is 619. The van der Waals surface area contributed by atoms with E-state index in [2.05, 4.69) is 19.8 Å². The summed E-state index contributed by atoms with van der Waals surface area (Å²) in [6.45, 7) is 4.75. The van der Waals surface area contributed by atoms with Crippen LogP contribution in [0.15, 0.2) is 12.1 Å². The van der Waals surface area contributed by atoms with Crippen LogP contribution in [0.2, 0.25) is 0 Å². The van der Waals surface area contributed by atoms with Gasteiger partial charge in [-0.1, -0.05) is 0 Å². The van der Waals surface area contributed by atoms with Crippen LogP contribution in [-0.4, -0.2) is 57.2 Å². The Morgan fingerprint density at radius 1 is 1.41 bits per heavy atom. The van der Waals surface area contributed by atoms with Crippen molar-refractivity contribution in [3.63, 3.8) is 0 Å². The SMILES string of the molecule is Cc1ccc(N2CC[C@@H]3[C@@H](CO[C@@H]3CNS(C)(=O)=O)C2)nn1. The zero-order chi connectivity index (χ0) is 15.7. The summed E-state index contributed by atoms with van der Waals surface area (Å²) in [5.74, 6) is 1.73. The summed E-state index contributed by atoms with van der Waals surface area (Å²) in [7, 11) is -3.17. The molecular formula is C14H22N4O3S. The summed E-state index contributed by atoms with van der Waals surface area (Å²) in [6, 6.07) is 3.97. The summed E-state index contributed by atoms with van der Waals surface area (Å²) in [5.41, 5.74) is 0.912. The van der Waals surface area contributed by atoms with Gasteiger partial charge in [-0.05, 0) is 31.4 Å². The molecule has 2 aliphatic heterocycles. The third-order valence-corrected chi connectivity index (χ3v) is 5.14. The minimum Gasteiger partial charge on any atom is -0.376 e. The molecule has 0 unspecified atom stereocenters. The standard InChI is InChI=1S/C14H22N4O3S/c1-10-3-4-14(17-16-10)18-6-5-12-11(8-18)9-21-13(12)7-15-22(2,19)20/h3-4,11-13,15H,5-9H2,1-2H3/t11-,12-,13-/m1/s1. The molecular weight excluding hydrogens is 304 g/mol. The van der Waals surface area contributed by atoms with Crippen LogP contribution in [0.5, 0.6) is 0 Å². The number of piperidine rings is 1. The third kappa shape index (κ3) is 3.56. The van der Waals surface area contributed by atoms with Crippen LogP contribution in [-0.2, 0) is 14.8 Å². The smallest absolute Gasteiger partial charge is 0.208 e. The third-order valence-electron chi connectivity index (χ3n) is 4.45. The fourth-order valence-corrected chi connectivity index (χ4v) is 3.77. The zero-order valence-electron chi connectivity index (χ0n) is 12.9. The molecule has 3 atom stereocenters. The first kappa shape index (κ1) is 15.6. The van der Waals surface area contributed by atoms with Crippen molar-refractivity contribution in [2.75, 3.05) is 37.4 Å². The van der Waals surface area contributed by atoms with Gasteiger partial charge in [-0.15, -0.1) is 5.10 Å². The zero-order valence-corrected chi connectivity index (χ0v) is 13.7. The number of ether oxygens (including phenoxy) is 1. The Morgan fingerprint density at radius 2 is 2.23 bits per heavy atom. The average Bonchev–Trinajstić information content (AvgIpc) is 2.87. The van der Waals surface area contributed by atoms with Crippen LogP contribution in [0.25, 0.3) is 0 Å². The molecule has 0 saturated carbocycles. The Balaban J connectivity index is 1.60. The number of aromatic nitrogens is 2. The number of aryl methyl sites for hydroxylation is 1. The maximum absolute atomic E-state index is 11.2. The fraction of sp³-hybridized carbons (Fsp3) is 0.714. The van der Waals surface area contributed by atoms with Crippen LogP contribution in [0.1, 0.15) is 12.1 Å². The van der Waals surface area contributed by atoms with Crippen LogP contribution in [0, 0.1) is 18.8 Å². The predicted molar refractivity (Wildman–Crippen MR) is 83.2 cm³/mol. The molecule has 1 N–H and O–H groups in total. The Morgan fingerprint density at radius 3 is 2.91 bits per heavy atom. The first-order valence-electron chi connectivity index (χ1n) is 7.54. The number of nitrogens with one attached hydrogen (secondary N) is 1. The predicted octanol–water partition coefficient (Wildman–Crippen LogP) is 0.176. The molecule has 7 nitrogen and oxygen atoms in total. The highest BCUT2D eigenvalue weighted by Gasteiger charge is 2.41. The van der Waals surface area contributed by atoms with Crippen molar-refractivity contribution < 1.29 is 13.2 Å². The topological polar surface area (TPSA) is 84.4 Å². The van der Waals surface area contributed by atoms with Gasteiger partial charge in [0.1, 0.15) is 0 Å². The van der Waals surface area contributed by atoms with Gasteiger partial charge in [-0.25, -0.2) is 13.1 Å². The second-order valence-corrected chi connectivity index (χ2v) is 8.02. The molecule has 8 heteroatoms. The number of nitrogens with zero attached hydrogens (tertiary/aromatic N) is 3. The van der Waals surface area contributed by atoms with Gasteiger partial charge in [-0.3, -0.25) is 0 Å². The van der Waals surface area contributed by atoms with E-state index in [1.54, 1.807) is 0 Å². The van der Waals surface area contributed by atoms with E-state index in [1.807, 2.05) is 19.1 Å². The monoisotopic (exact) mass is 326 g/mol. The van der Waals surface area contributed by atoms with E-state index >= 15 is 0 Å². The molecule has 3 heterocycles.